The Labute approximate surface area is 110 Å². The molecule has 1 aromatic heterocycles. The van der Waals surface area contributed by atoms with Crippen LogP contribution < -0.4 is 20.1 Å². The second-order valence-corrected chi connectivity index (χ2v) is 4.18. The Bertz CT molecular complexity index is 616. The zero-order valence-electron chi connectivity index (χ0n) is 10.7. The Hall–Kier alpha value is -2.50. The maximum absolute atomic E-state index is 5.37. The summed E-state index contributed by atoms with van der Waals surface area (Å²) < 4.78 is 10.7. The normalized spacial score (nSPS) is 12.3. The van der Waals surface area contributed by atoms with Gasteiger partial charge >= 0.3 is 0 Å². The van der Waals surface area contributed by atoms with E-state index >= 15 is 0 Å². The molecule has 0 amide bonds. The minimum absolute atomic E-state index is 0.273. The van der Waals surface area contributed by atoms with E-state index in [4.69, 9.17) is 9.47 Å². The molecule has 0 atom stereocenters. The first-order valence-corrected chi connectivity index (χ1v) is 5.93. The van der Waals surface area contributed by atoms with Gasteiger partial charge in [-0.25, -0.2) is 9.97 Å². The number of nitrogens with one attached hydrogen (secondary N) is 2. The third kappa shape index (κ3) is 2.24. The summed E-state index contributed by atoms with van der Waals surface area (Å²) >= 11 is 0. The fourth-order valence-electron chi connectivity index (χ4n) is 1.88. The van der Waals surface area contributed by atoms with Gasteiger partial charge in [-0.1, -0.05) is 0 Å². The van der Waals surface area contributed by atoms with Crippen LogP contribution in [0.25, 0.3) is 0 Å². The van der Waals surface area contributed by atoms with E-state index in [1.807, 2.05) is 32.2 Å². The Balaban J connectivity index is 1.90. The molecule has 6 heteroatoms. The predicted octanol–water partition coefficient (Wildman–Crippen LogP) is 2.30. The molecule has 0 saturated heterocycles. The average Bonchev–Trinajstić information content (AvgIpc) is 2.86. The van der Waals surface area contributed by atoms with Crippen LogP contribution >= 0.6 is 0 Å². The molecule has 0 unspecified atom stereocenters. The Morgan fingerprint density at radius 2 is 1.79 bits per heavy atom. The van der Waals surface area contributed by atoms with Gasteiger partial charge in [0.05, 0.1) is 0 Å². The molecule has 0 bridgehead atoms. The maximum atomic E-state index is 5.37. The summed E-state index contributed by atoms with van der Waals surface area (Å²) in [5.41, 5.74) is 2.00. The lowest BCUT2D eigenvalue weighted by atomic mass is 10.1. The fourth-order valence-corrected chi connectivity index (χ4v) is 1.88. The number of benzene rings is 1. The highest BCUT2D eigenvalue weighted by Gasteiger charge is 2.15. The average molecular weight is 258 g/mol. The van der Waals surface area contributed by atoms with Crippen LogP contribution in [0.4, 0.5) is 17.3 Å². The minimum atomic E-state index is 0.273. The zero-order chi connectivity index (χ0) is 13.2. The number of aryl methyl sites for hydroxylation is 1. The van der Waals surface area contributed by atoms with Gasteiger partial charge in [-0.3, -0.25) is 0 Å². The van der Waals surface area contributed by atoms with E-state index in [0.29, 0.717) is 0 Å². The number of rotatable bonds is 3. The summed E-state index contributed by atoms with van der Waals surface area (Å²) in [5.74, 6) is 3.01. The molecule has 3 rings (SSSR count). The number of hydrogen-bond donors (Lipinski definition) is 2. The van der Waals surface area contributed by atoms with Crippen LogP contribution in [-0.4, -0.2) is 23.8 Å². The van der Waals surface area contributed by atoms with Crippen molar-refractivity contribution in [2.24, 2.45) is 0 Å². The third-order valence-electron chi connectivity index (χ3n) is 2.91. The fraction of sp³-hybridized carbons (Fsp3) is 0.231. The lowest BCUT2D eigenvalue weighted by Crippen LogP contribution is -1.99. The standard InChI is InChI=1S/C13H14N4O2/c1-8-3-10-11(19-7-18-10)4-9(8)17-13-5-12(14-2)15-6-16-13/h3-6H,7H2,1-2H3,(H2,14,15,16,17). The summed E-state index contributed by atoms with van der Waals surface area (Å²) in [6.45, 7) is 2.28. The first-order valence-electron chi connectivity index (χ1n) is 5.93. The molecule has 0 saturated carbocycles. The van der Waals surface area contributed by atoms with E-state index in [1.54, 1.807) is 0 Å². The summed E-state index contributed by atoms with van der Waals surface area (Å²) in [7, 11) is 1.82. The zero-order valence-corrected chi connectivity index (χ0v) is 10.7. The van der Waals surface area contributed by atoms with Crippen molar-refractivity contribution in [1.82, 2.24) is 9.97 Å². The first-order chi connectivity index (χ1) is 9.26. The van der Waals surface area contributed by atoms with Crippen LogP contribution in [0.5, 0.6) is 11.5 Å². The minimum Gasteiger partial charge on any atom is -0.454 e. The highest BCUT2D eigenvalue weighted by molar-refractivity contribution is 5.67. The van der Waals surface area contributed by atoms with Gasteiger partial charge in [-0.05, 0) is 18.6 Å². The van der Waals surface area contributed by atoms with E-state index in [0.717, 1.165) is 34.4 Å². The molecule has 2 aromatic rings. The number of nitrogens with zero attached hydrogens (tertiary/aromatic N) is 2. The molecule has 1 aliphatic heterocycles. The Kier molecular flexibility index (Phi) is 2.83. The number of hydrogen-bond acceptors (Lipinski definition) is 6. The van der Waals surface area contributed by atoms with Crippen molar-refractivity contribution in [3.05, 3.63) is 30.1 Å². The predicted molar refractivity (Wildman–Crippen MR) is 72.2 cm³/mol. The van der Waals surface area contributed by atoms with Crippen molar-refractivity contribution in [2.45, 2.75) is 6.92 Å². The molecule has 2 heterocycles. The topological polar surface area (TPSA) is 68.3 Å². The number of aromatic nitrogens is 2. The molecule has 98 valence electrons. The smallest absolute Gasteiger partial charge is 0.231 e. The van der Waals surface area contributed by atoms with Crippen LogP contribution in [-0.2, 0) is 0 Å². The molecule has 0 aliphatic carbocycles. The molecule has 19 heavy (non-hydrogen) atoms. The molecule has 2 N–H and O–H groups in total. The van der Waals surface area contributed by atoms with E-state index in [-0.39, 0.29) is 6.79 Å². The van der Waals surface area contributed by atoms with Crippen LogP contribution in [0.15, 0.2) is 24.5 Å². The van der Waals surface area contributed by atoms with E-state index in [2.05, 4.69) is 20.6 Å². The summed E-state index contributed by atoms with van der Waals surface area (Å²) in [6.07, 6.45) is 1.51. The van der Waals surface area contributed by atoms with Gasteiger partial charge in [-0.15, -0.1) is 0 Å². The van der Waals surface area contributed by atoms with Crippen molar-refractivity contribution in [3.8, 4) is 11.5 Å². The molecular weight excluding hydrogens is 244 g/mol. The second-order valence-electron chi connectivity index (χ2n) is 4.18. The molecule has 0 radical (unpaired) electrons. The molecule has 0 fully saturated rings. The van der Waals surface area contributed by atoms with Crippen molar-refractivity contribution in [3.63, 3.8) is 0 Å². The van der Waals surface area contributed by atoms with Crippen LogP contribution in [0.1, 0.15) is 5.56 Å². The third-order valence-corrected chi connectivity index (χ3v) is 2.91. The van der Waals surface area contributed by atoms with Gasteiger partial charge < -0.3 is 20.1 Å². The van der Waals surface area contributed by atoms with Crippen LogP contribution in [0.3, 0.4) is 0 Å². The van der Waals surface area contributed by atoms with E-state index < -0.39 is 0 Å². The number of fused-ring (bicyclic) bond motifs is 1. The summed E-state index contributed by atoms with van der Waals surface area (Å²) in [4.78, 5) is 8.26. The van der Waals surface area contributed by atoms with Crippen LogP contribution in [0.2, 0.25) is 0 Å². The summed E-state index contributed by atoms with van der Waals surface area (Å²) in [5, 5.41) is 6.22. The quantitative estimate of drug-likeness (QED) is 0.880. The first kappa shape index (κ1) is 11.6. The van der Waals surface area contributed by atoms with Gasteiger partial charge in [0.25, 0.3) is 0 Å². The second kappa shape index (κ2) is 4.64. The van der Waals surface area contributed by atoms with Gasteiger partial charge in [0.2, 0.25) is 6.79 Å². The molecule has 1 aromatic carbocycles. The van der Waals surface area contributed by atoms with Crippen molar-refractivity contribution >= 4 is 17.3 Å². The van der Waals surface area contributed by atoms with Gasteiger partial charge in [0.1, 0.15) is 18.0 Å². The lowest BCUT2D eigenvalue weighted by molar-refractivity contribution is 0.174. The number of anilines is 3. The SMILES string of the molecule is CNc1cc(Nc2cc3c(cc2C)OCO3)ncn1. The van der Waals surface area contributed by atoms with Gasteiger partial charge in [-0.2, -0.15) is 0 Å². The van der Waals surface area contributed by atoms with E-state index in [1.165, 1.54) is 6.33 Å². The van der Waals surface area contributed by atoms with Crippen molar-refractivity contribution in [1.29, 1.82) is 0 Å². The Morgan fingerprint density at radius 1 is 1.05 bits per heavy atom. The van der Waals surface area contributed by atoms with Crippen molar-refractivity contribution < 1.29 is 9.47 Å². The number of ether oxygens (including phenoxy) is 2. The van der Waals surface area contributed by atoms with Gasteiger partial charge in [0.15, 0.2) is 11.5 Å². The van der Waals surface area contributed by atoms with Crippen LogP contribution in [0, 0.1) is 6.92 Å². The maximum Gasteiger partial charge on any atom is 0.231 e. The molecule has 0 spiro atoms. The van der Waals surface area contributed by atoms with E-state index in [9.17, 15) is 0 Å². The van der Waals surface area contributed by atoms with Crippen molar-refractivity contribution in [2.75, 3.05) is 24.5 Å². The van der Waals surface area contributed by atoms with Gasteiger partial charge in [0, 0.05) is 24.9 Å². The molecular formula is C13H14N4O2. The molecule has 1 aliphatic rings. The summed E-state index contributed by atoms with van der Waals surface area (Å²) in [6, 6.07) is 5.70. The largest absolute Gasteiger partial charge is 0.454 e. The highest BCUT2D eigenvalue weighted by atomic mass is 16.7. The molecule has 6 nitrogen and oxygen atoms in total. The Morgan fingerprint density at radius 3 is 2.58 bits per heavy atom. The lowest BCUT2D eigenvalue weighted by Gasteiger charge is -2.10. The highest BCUT2D eigenvalue weighted by Crippen LogP contribution is 2.37. The monoisotopic (exact) mass is 258 g/mol.